The van der Waals surface area contributed by atoms with Gasteiger partial charge in [-0.15, -0.1) is 0 Å². The zero-order chi connectivity index (χ0) is 22.5. The summed E-state index contributed by atoms with van der Waals surface area (Å²) in [5, 5.41) is 4.17. The number of hydrogen-bond donors (Lipinski definition) is 0. The number of hydrogen-bond acceptors (Lipinski definition) is 4. The summed E-state index contributed by atoms with van der Waals surface area (Å²) in [7, 11) is 1.60. The molecule has 6 heteroatoms. The van der Waals surface area contributed by atoms with Crippen LogP contribution in [0.4, 0.5) is 4.39 Å². The Balaban J connectivity index is 1.61. The fraction of sp³-hybridized carbons (Fsp3) is 0.154. The smallest absolute Gasteiger partial charge is 0.254 e. The number of carbonyl (C=O) groups excluding carboxylic acids is 1. The number of ether oxygens (including phenoxy) is 1. The number of methoxy groups -OCH3 is 1. The molecule has 0 aliphatic carbocycles. The van der Waals surface area contributed by atoms with Gasteiger partial charge < -0.3 is 14.2 Å². The Kier molecular flexibility index (Phi) is 6.31. The summed E-state index contributed by atoms with van der Waals surface area (Å²) < 4.78 is 24.3. The van der Waals surface area contributed by atoms with Crippen LogP contribution >= 0.6 is 0 Å². The molecule has 0 unspecified atom stereocenters. The third-order valence-corrected chi connectivity index (χ3v) is 5.16. The molecule has 0 spiro atoms. The van der Waals surface area contributed by atoms with Gasteiger partial charge in [0.1, 0.15) is 17.3 Å². The highest BCUT2D eigenvalue weighted by atomic mass is 19.1. The molecule has 32 heavy (non-hydrogen) atoms. The fourth-order valence-corrected chi connectivity index (χ4v) is 3.45. The summed E-state index contributed by atoms with van der Waals surface area (Å²) in [5.41, 5.74) is 3.85. The molecule has 1 amide bonds. The second-order valence-corrected chi connectivity index (χ2v) is 7.54. The minimum atomic E-state index is -0.317. The van der Waals surface area contributed by atoms with E-state index >= 15 is 0 Å². The second kappa shape index (κ2) is 9.47. The lowest BCUT2D eigenvalue weighted by Gasteiger charge is -2.22. The predicted octanol–water partition coefficient (Wildman–Crippen LogP) is 5.64. The molecule has 3 aromatic carbocycles. The largest absolute Gasteiger partial charge is 0.496 e. The molecule has 0 N–H and O–H groups in total. The van der Waals surface area contributed by atoms with Crippen LogP contribution in [0.2, 0.25) is 0 Å². The van der Waals surface area contributed by atoms with Crippen molar-refractivity contribution < 1.29 is 18.4 Å². The van der Waals surface area contributed by atoms with Gasteiger partial charge in [0, 0.05) is 18.2 Å². The van der Waals surface area contributed by atoms with Gasteiger partial charge in [-0.1, -0.05) is 47.1 Å². The molecule has 0 aliphatic rings. The zero-order valence-corrected chi connectivity index (χ0v) is 17.9. The van der Waals surface area contributed by atoms with Crippen molar-refractivity contribution in [1.82, 2.24) is 10.1 Å². The lowest BCUT2D eigenvalue weighted by molar-refractivity contribution is 0.0726. The van der Waals surface area contributed by atoms with Gasteiger partial charge in [-0.05, 0) is 48.9 Å². The highest BCUT2D eigenvalue weighted by Gasteiger charge is 2.20. The fourth-order valence-electron chi connectivity index (χ4n) is 3.45. The standard InChI is InChI=1S/C26H23FN2O3/c1-18-7-11-20(12-8-18)26(30)29(16-19-9-13-21(27)14-10-19)17-22-15-25(32-28-22)23-5-3-4-6-24(23)31-2/h3-15H,16-17H2,1-2H3. The van der Waals surface area contributed by atoms with Crippen LogP contribution in [0.25, 0.3) is 11.3 Å². The Morgan fingerprint density at radius 3 is 2.44 bits per heavy atom. The first kappa shape index (κ1) is 21.3. The third-order valence-electron chi connectivity index (χ3n) is 5.16. The molecule has 162 valence electrons. The molecule has 4 aromatic rings. The van der Waals surface area contributed by atoms with Gasteiger partial charge in [0.05, 0.1) is 19.2 Å². The number of carbonyl (C=O) groups is 1. The van der Waals surface area contributed by atoms with Crippen LogP contribution in [0, 0.1) is 12.7 Å². The lowest BCUT2D eigenvalue weighted by atomic mass is 10.1. The summed E-state index contributed by atoms with van der Waals surface area (Å²) in [5.74, 6) is 0.773. The second-order valence-electron chi connectivity index (χ2n) is 7.54. The van der Waals surface area contributed by atoms with Crippen LogP contribution < -0.4 is 4.74 Å². The minimum Gasteiger partial charge on any atom is -0.496 e. The molecule has 0 atom stereocenters. The van der Waals surface area contributed by atoms with E-state index in [0.717, 1.165) is 16.7 Å². The molecular formula is C26H23FN2O3. The molecule has 4 rings (SSSR count). The molecular weight excluding hydrogens is 407 g/mol. The molecule has 0 saturated carbocycles. The molecule has 0 fully saturated rings. The number of benzene rings is 3. The van der Waals surface area contributed by atoms with Crippen molar-refractivity contribution in [3.05, 3.63) is 107 Å². The molecule has 0 saturated heterocycles. The summed E-state index contributed by atoms with van der Waals surface area (Å²) in [6.07, 6.45) is 0. The topological polar surface area (TPSA) is 55.6 Å². The van der Waals surface area contributed by atoms with Crippen molar-refractivity contribution in [3.8, 4) is 17.1 Å². The number of amides is 1. The Bertz CT molecular complexity index is 1200. The van der Waals surface area contributed by atoms with Crippen molar-refractivity contribution >= 4 is 5.91 Å². The SMILES string of the molecule is COc1ccccc1-c1cc(CN(Cc2ccc(F)cc2)C(=O)c2ccc(C)cc2)no1. The van der Waals surface area contributed by atoms with E-state index < -0.39 is 0 Å². The van der Waals surface area contributed by atoms with Crippen molar-refractivity contribution in [2.75, 3.05) is 7.11 Å². The van der Waals surface area contributed by atoms with E-state index in [4.69, 9.17) is 9.26 Å². The average Bonchev–Trinajstić information content (AvgIpc) is 3.28. The van der Waals surface area contributed by atoms with Crippen LogP contribution in [0.15, 0.2) is 83.4 Å². The van der Waals surface area contributed by atoms with E-state index in [9.17, 15) is 9.18 Å². The van der Waals surface area contributed by atoms with E-state index in [-0.39, 0.29) is 18.3 Å². The quantitative estimate of drug-likeness (QED) is 0.381. The van der Waals surface area contributed by atoms with Crippen molar-refractivity contribution in [2.24, 2.45) is 0 Å². The van der Waals surface area contributed by atoms with Crippen LogP contribution in [-0.2, 0) is 13.1 Å². The number of para-hydroxylation sites is 1. The highest BCUT2D eigenvalue weighted by Crippen LogP contribution is 2.30. The van der Waals surface area contributed by atoms with Crippen molar-refractivity contribution in [3.63, 3.8) is 0 Å². The van der Waals surface area contributed by atoms with E-state index in [1.807, 2.05) is 43.3 Å². The number of halogens is 1. The van der Waals surface area contributed by atoms with E-state index in [1.54, 1.807) is 42.3 Å². The molecule has 1 aromatic heterocycles. The molecule has 0 radical (unpaired) electrons. The minimum absolute atomic E-state index is 0.142. The van der Waals surface area contributed by atoms with Gasteiger partial charge in [-0.25, -0.2) is 4.39 Å². The van der Waals surface area contributed by atoms with Crippen molar-refractivity contribution in [1.29, 1.82) is 0 Å². The maximum absolute atomic E-state index is 13.3. The Morgan fingerprint density at radius 2 is 1.72 bits per heavy atom. The number of rotatable bonds is 7. The average molecular weight is 430 g/mol. The predicted molar refractivity (Wildman–Crippen MR) is 120 cm³/mol. The number of nitrogens with zero attached hydrogens (tertiary/aromatic N) is 2. The maximum atomic E-state index is 13.3. The summed E-state index contributed by atoms with van der Waals surface area (Å²) in [4.78, 5) is 15.0. The van der Waals surface area contributed by atoms with Crippen molar-refractivity contribution in [2.45, 2.75) is 20.0 Å². The van der Waals surface area contributed by atoms with Gasteiger partial charge in [0.15, 0.2) is 5.76 Å². The van der Waals surface area contributed by atoms with Gasteiger partial charge >= 0.3 is 0 Å². The summed E-state index contributed by atoms with van der Waals surface area (Å²) in [6.45, 7) is 2.52. The van der Waals surface area contributed by atoms with Crippen LogP contribution in [-0.4, -0.2) is 23.1 Å². The molecule has 0 bridgehead atoms. The van der Waals surface area contributed by atoms with E-state index in [1.165, 1.54) is 12.1 Å². The maximum Gasteiger partial charge on any atom is 0.254 e. The zero-order valence-electron chi connectivity index (χ0n) is 17.9. The summed E-state index contributed by atoms with van der Waals surface area (Å²) in [6, 6.07) is 22.8. The molecule has 0 aliphatic heterocycles. The lowest BCUT2D eigenvalue weighted by Crippen LogP contribution is -2.30. The first-order chi connectivity index (χ1) is 15.5. The number of aromatic nitrogens is 1. The third kappa shape index (κ3) is 4.86. The first-order valence-electron chi connectivity index (χ1n) is 10.2. The molecule has 5 nitrogen and oxygen atoms in total. The summed E-state index contributed by atoms with van der Waals surface area (Å²) >= 11 is 0. The van der Waals surface area contributed by atoms with Crippen LogP contribution in [0.1, 0.15) is 27.2 Å². The first-order valence-corrected chi connectivity index (χ1v) is 10.2. The van der Waals surface area contributed by atoms with Gasteiger partial charge in [0.25, 0.3) is 5.91 Å². The monoisotopic (exact) mass is 430 g/mol. The van der Waals surface area contributed by atoms with Gasteiger partial charge in [0.2, 0.25) is 0 Å². The van der Waals surface area contributed by atoms with Crippen LogP contribution in [0.3, 0.4) is 0 Å². The molecule has 1 heterocycles. The van der Waals surface area contributed by atoms with E-state index in [0.29, 0.717) is 29.3 Å². The van der Waals surface area contributed by atoms with E-state index in [2.05, 4.69) is 5.16 Å². The normalized spacial score (nSPS) is 10.7. The van der Waals surface area contributed by atoms with Crippen LogP contribution in [0.5, 0.6) is 5.75 Å². The Labute approximate surface area is 186 Å². The highest BCUT2D eigenvalue weighted by molar-refractivity contribution is 5.94. The Hall–Kier alpha value is -3.93. The Morgan fingerprint density at radius 1 is 1.00 bits per heavy atom. The van der Waals surface area contributed by atoms with Gasteiger partial charge in [-0.3, -0.25) is 4.79 Å². The number of aryl methyl sites for hydroxylation is 1. The van der Waals surface area contributed by atoms with Gasteiger partial charge in [-0.2, -0.15) is 0 Å².